The molecule has 0 saturated carbocycles. The molecule has 0 aromatic rings. The van der Waals surface area contributed by atoms with Gasteiger partial charge in [-0.1, -0.05) is 6.58 Å². The molecule has 0 aliphatic heterocycles. The molecule has 0 rings (SSSR count). The van der Waals surface area contributed by atoms with Crippen molar-refractivity contribution in [1.29, 1.82) is 0 Å². The Bertz CT molecular complexity index is 227. The molecule has 0 spiro atoms. The molecule has 0 aromatic carbocycles. The second-order valence-corrected chi connectivity index (χ2v) is 1.77. The van der Waals surface area contributed by atoms with E-state index < -0.39 is 11.9 Å². The standard InChI is InChI=1S/C8H10O4/c1-4-6(8(10)11-3)12-7(9)5-2/h4-5H,2H2,1,3H3. The molecule has 0 aromatic heterocycles. The van der Waals surface area contributed by atoms with Gasteiger partial charge in [0, 0.05) is 6.08 Å². The summed E-state index contributed by atoms with van der Waals surface area (Å²) in [5.74, 6) is -1.51. The zero-order valence-corrected chi connectivity index (χ0v) is 6.99. The summed E-state index contributed by atoms with van der Waals surface area (Å²) >= 11 is 0. The van der Waals surface area contributed by atoms with E-state index in [9.17, 15) is 9.59 Å². The van der Waals surface area contributed by atoms with Gasteiger partial charge in [0.1, 0.15) is 0 Å². The van der Waals surface area contributed by atoms with Gasteiger partial charge in [0.25, 0.3) is 0 Å². The Hall–Kier alpha value is -1.58. The van der Waals surface area contributed by atoms with Crippen LogP contribution in [-0.4, -0.2) is 19.0 Å². The van der Waals surface area contributed by atoms with Crippen LogP contribution in [0.3, 0.4) is 0 Å². The van der Waals surface area contributed by atoms with Crippen LogP contribution in [0.2, 0.25) is 0 Å². The second kappa shape index (κ2) is 5.12. The molecule has 4 heteroatoms. The monoisotopic (exact) mass is 170 g/mol. The normalized spacial score (nSPS) is 10.3. The van der Waals surface area contributed by atoms with E-state index in [1.54, 1.807) is 6.92 Å². The Morgan fingerprint density at radius 2 is 2.00 bits per heavy atom. The fourth-order valence-corrected chi connectivity index (χ4v) is 0.469. The first-order chi connectivity index (χ1) is 5.65. The Balaban J connectivity index is 4.30. The van der Waals surface area contributed by atoms with Crippen molar-refractivity contribution in [2.75, 3.05) is 7.11 Å². The molecule has 0 bridgehead atoms. The van der Waals surface area contributed by atoms with Crippen LogP contribution in [0.25, 0.3) is 0 Å². The van der Waals surface area contributed by atoms with Gasteiger partial charge in [0.2, 0.25) is 5.76 Å². The minimum atomic E-state index is -0.687. The summed E-state index contributed by atoms with van der Waals surface area (Å²) in [6.45, 7) is 4.74. The third kappa shape index (κ3) is 3.01. The molecule has 0 unspecified atom stereocenters. The van der Waals surface area contributed by atoms with Crippen molar-refractivity contribution in [1.82, 2.24) is 0 Å². The van der Waals surface area contributed by atoms with Crippen molar-refractivity contribution in [3.63, 3.8) is 0 Å². The summed E-state index contributed by atoms with van der Waals surface area (Å²) < 4.78 is 8.86. The number of carbonyl (C=O) groups is 2. The van der Waals surface area contributed by atoms with Crippen LogP contribution in [0.1, 0.15) is 6.92 Å². The highest BCUT2D eigenvalue weighted by Crippen LogP contribution is 2.00. The third-order valence-corrected chi connectivity index (χ3v) is 1.03. The molecule has 0 saturated heterocycles. The van der Waals surface area contributed by atoms with Crippen LogP contribution in [-0.2, 0) is 19.1 Å². The summed E-state index contributed by atoms with van der Waals surface area (Å²) in [6, 6.07) is 0. The number of hydrogen-bond acceptors (Lipinski definition) is 4. The Kier molecular flexibility index (Phi) is 4.45. The molecule has 0 fully saturated rings. The van der Waals surface area contributed by atoms with Crippen LogP contribution in [0.4, 0.5) is 0 Å². The lowest BCUT2D eigenvalue weighted by Crippen LogP contribution is -2.11. The van der Waals surface area contributed by atoms with Gasteiger partial charge < -0.3 is 9.47 Å². The smallest absolute Gasteiger partial charge is 0.373 e. The second-order valence-electron chi connectivity index (χ2n) is 1.77. The minimum Gasteiger partial charge on any atom is -0.463 e. The molecule has 12 heavy (non-hydrogen) atoms. The topological polar surface area (TPSA) is 52.6 Å². The minimum absolute atomic E-state index is 0.137. The zero-order valence-electron chi connectivity index (χ0n) is 6.99. The summed E-state index contributed by atoms with van der Waals surface area (Å²) in [5, 5.41) is 0. The quantitative estimate of drug-likeness (QED) is 0.357. The van der Waals surface area contributed by atoms with Gasteiger partial charge in [-0.2, -0.15) is 0 Å². The number of esters is 2. The summed E-state index contributed by atoms with van der Waals surface area (Å²) in [4.78, 5) is 21.4. The Labute approximate surface area is 70.5 Å². The number of methoxy groups -OCH3 is 1. The van der Waals surface area contributed by atoms with E-state index in [1.165, 1.54) is 13.2 Å². The number of rotatable bonds is 3. The van der Waals surface area contributed by atoms with Crippen molar-refractivity contribution < 1.29 is 19.1 Å². The van der Waals surface area contributed by atoms with E-state index in [2.05, 4.69) is 16.1 Å². The van der Waals surface area contributed by atoms with E-state index in [0.29, 0.717) is 0 Å². The molecule has 0 heterocycles. The molecule has 0 amide bonds. The zero-order chi connectivity index (χ0) is 9.56. The van der Waals surface area contributed by atoms with Gasteiger partial charge in [0.15, 0.2) is 0 Å². The summed E-state index contributed by atoms with van der Waals surface area (Å²) in [7, 11) is 1.20. The van der Waals surface area contributed by atoms with E-state index >= 15 is 0 Å². The number of hydrogen-bond donors (Lipinski definition) is 0. The van der Waals surface area contributed by atoms with Crippen LogP contribution >= 0.6 is 0 Å². The SMILES string of the molecule is C=CC(=O)OC(=CC)C(=O)OC. The maximum atomic E-state index is 10.8. The fraction of sp³-hybridized carbons (Fsp3) is 0.250. The Morgan fingerprint density at radius 1 is 1.42 bits per heavy atom. The first kappa shape index (κ1) is 10.4. The van der Waals surface area contributed by atoms with Crippen molar-refractivity contribution >= 4 is 11.9 Å². The van der Waals surface area contributed by atoms with Crippen molar-refractivity contribution in [3.05, 3.63) is 24.5 Å². The lowest BCUT2D eigenvalue weighted by molar-refractivity contribution is -0.147. The van der Waals surface area contributed by atoms with Crippen molar-refractivity contribution in [2.24, 2.45) is 0 Å². The predicted octanol–water partition coefficient (Wildman–Crippen LogP) is 0.792. The average Bonchev–Trinajstić information content (AvgIpc) is 2.12. The molecular weight excluding hydrogens is 160 g/mol. The fourth-order valence-electron chi connectivity index (χ4n) is 0.469. The predicted molar refractivity (Wildman–Crippen MR) is 42.1 cm³/mol. The van der Waals surface area contributed by atoms with Crippen molar-refractivity contribution in [2.45, 2.75) is 6.92 Å². The van der Waals surface area contributed by atoms with Gasteiger partial charge in [-0.25, -0.2) is 9.59 Å². The van der Waals surface area contributed by atoms with Gasteiger partial charge in [-0.05, 0) is 13.0 Å². The molecule has 0 atom stereocenters. The number of carbonyl (C=O) groups excluding carboxylic acids is 2. The number of allylic oxidation sites excluding steroid dienone is 1. The lowest BCUT2D eigenvalue weighted by atomic mass is 10.4. The van der Waals surface area contributed by atoms with Crippen LogP contribution in [0.15, 0.2) is 24.5 Å². The first-order valence-corrected chi connectivity index (χ1v) is 3.24. The summed E-state index contributed by atoms with van der Waals surface area (Å²) in [6.07, 6.45) is 2.31. The molecular formula is C8H10O4. The first-order valence-electron chi connectivity index (χ1n) is 3.24. The molecule has 0 aliphatic rings. The van der Waals surface area contributed by atoms with Gasteiger partial charge in [-0.15, -0.1) is 0 Å². The molecule has 0 radical (unpaired) electrons. The molecule has 66 valence electrons. The van der Waals surface area contributed by atoms with E-state index in [1.807, 2.05) is 0 Å². The number of ether oxygens (including phenoxy) is 2. The highest BCUT2D eigenvalue weighted by molar-refractivity contribution is 5.91. The van der Waals surface area contributed by atoms with Gasteiger partial charge in [0.05, 0.1) is 7.11 Å². The highest BCUT2D eigenvalue weighted by Gasteiger charge is 2.12. The van der Waals surface area contributed by atoms with Crippen LogP contribution in [0, 0.1) is 0 Å². The van der Waals surface area contributed by atoms with Crippen LogP contribution < -0.4 is 0 Å². The molecule has 0 N–H and O–H groups in total. The largest absolute Gasteiger partial charge is 0.463 e. The van der Waals surface area contributed by atoms with Gasteiger partial charge >= 0.3 is 11.9 Å². The maximum Gasteiger partial charge on any atom is 0.373 e. The van der Waals surface area contributed by atoms with E-state index in [4.69, 9.17) is 0 Å². The molecule has 0 aliphatic carbocycles. The van der Waals surface area contributed by atoms with Gasteiger partial charge in [-0.3, -0.25) is 0 Å². The maximum absolute atomic E-state index is 10.8. The van der Waals surface area contributed by atoms with E-state index in [-0.39, 0.29) is 5.76 Å². The Morgan fingerprint density at radius 3 is 2.33 bits per heavy atom. The molecule has 4 nitrogen and oxygen atoms in total. The summed E-state index contributed by atoms with van der Waals surface area (Å²) in [5.41, 5.74) is 0. The van der Waals surface area contributed by atoms with Crippen LogP contribution in [0.5, 0.6) is 0 Å². The van der Waals surface area contributed by atoms with E-state index in [0.717, 1.165) is 6.08 Å². The van der Waals surface area contributed by atoms with Crippen molar-refractivity contribution in [3.8, 4) is 0 Å². The average molecular weight is 170 g/mol. The highest BCUT2D eigenvalue weighted by atomic mass is 16.6. The third-order valence-electron chi connectivity index (χ3n) is 1.03. The lowest BCUT2D eigenvalue weighted by Gasteiger charge is -2.02.